The van der Waals surface area contributed by atoms with E-state index in [-0.39, 0.29) is 0 Å². The summed E-state index contributed by atoms with van der Waals surface area (Å²) < 4.78 is 115. The Morgan fingerprint density at radius 3 is 1.00 bits per heavy atom. The normalized spacial score (nSPS) is 49.6. The molecule has 10 rings (SSSR count). The minimum absolute atomic E-state index is 0.811. The molecule has 0 spiro atoms. The van der Waals surface area contributed by atoms with Crippen molar-refractivity contribution in [2.75, 3.05) is 59.5 Å². The highest BCUT2D eigenvalue weighted by Gasteiger charge is 2.62. The third kappa shape index (κ3) is 21.6. The fourth-order valence-corrected chi connectivity index (χ4v) is 15.5. The number of carbonyl (C=O) groups excluding carboxylic acids is 4. The van der Waals surface area contributed by atoms with E-state index >= 15 is 0 Å². The quantitative estimate of drug-likeness (QED) is 0.0306. The molecule has 0 aromatic rings. The largest absolute Gasteiger partial charge is 0.394 e. The van der Waals surface area contributed by atoms with E-state index < -0.39 is 384 Å². The topological polar surface area (TPSA) is 818 Å². The summed E-state index contributed by atoms with van der Waals surface area (Å²) in [5.41, 5.74) is 0. The summed E-state index contributed by atoms with van der Waals surface area (Å²) in [4.78, 5) is 51.4. The summed E-state index contributed by atoms with van der Waals surface area (Å²) in [5, 5.41) is 301. The molecule has 30 N–H and O–H groups in total. The highest BCUT2D eigenvalue weighted by atomic mass is 16.8. The molecule has 10 saturated heterocycles. The summed E-state index contributed by atoms with van der Waals surface area (Å²) in [6.45, 7) is -5.02. The summed E-state index contributed by atoms with van der Waals surface area (Å²) in [6.07, 6.45) is -94.9. The van der Waals surface area contributed by atoms with Gasteiger partial charge < -0.3 is 244 Å². The Hall–Kier alpha value is -3.92. The van der Waals surface area contributed by atoms with Crippen molar-refractivity contribution in [1.82, 2.24) is 21.3 Å². The molecule has 0 saturated carbocycles. The first-order valence-corrected chi connectivity index (χ1v) is 38.4. The molecule has 694 valence electrons. The van der Waals surface area contributed by atoms with Gasteiger partial charge in [0.2, 0.25) is 23.6 Å². The summed E-state index contributed by atoms with van der Waals surface area (Å²) >= 11 is 0. The summed E-state index contributed by atoms with van der Waals surface area (Å²) in [7, 11) is 0. The number of amides is 4. The third-order valence-corrected chi connectivity index (χ3v) is 22.1. The zero-order chi connectivity index (χ0) is 88.2. The fourth-order valence-electron chi connectivity index (χ4n) is 15.5. The Kier molecular flexibility index (Phi) is 35.0. The van der Waals surface area contributed by atoms with Crippen LogP contribution < -0.4 is 21.3 Å². The van der Waals surface area contributed by atoms with E-state index in [0.29, 0.717) is 0 Å². The summed E-state index contributed by atoms with van der Waals surface area (Å²) in [6, 6.07) is -7.59. The van der Waals surface area contributed by atoms with Crippen LogP contribution in [0.5, 0.6) is 0 Å². The van der Waals surface area contributed by atoms with Gasteiger partial charge in [-0.1, -0.05) is 0 Å². The van der Waals surface area contributed by atoms with E-state index in [2.05, 4.69) is 21.3 Å². The lowest BCUT2D eigenvalue weighted by atomic mass is 9.93. The first kappa shape index (κ1) is 98.3. The van der Waals surface area contributed by atoms with Gasteiger partial charge in [0.05, 0.1) is 65.6 Å². The highest BCUT2D eigenvalue weighted by Crippen LogP contribution is 2.42. The number of hydrogen-bond donors (Lipinski definition) is 30. The number of rotatable bonds is 31. The van der Waals surface area contributed by atoms with E-state index in [1.807, 2.05) is 0 Å². The molecule has 120 heavy (non-hydrogen) atoms. The maximum atomic E-state index is 13.2. The van der Waals surface area contributed by atoms with Crippen molar-refractivity contribution in [3.63, 3.8) is 0 Å². The number of carbonyl (C=O) groups is 4. The van der Waals surface area contributed by atoms with Crippen LogP contribution in [0.3, 0.4) is 0 Å². The zero-order valence-electron chi connectivity index (χ0n) is 64.7. The van der Waals surface area contributed by atoms with Gasteiger partial charge in [0, 0.05) is 27.7 Å². The Bertz CT molecular complexity index is 3230. The minimum atomic E-state index is -2.58. The Balaban J connectivity index is 1.05. The van der Waals surface area contributed by atoms with Crippen LogP contribution in [-0.4, -0.2) is 517 Å². The van der Waals surface area contributed by atoms with Crippen molar-refractivity contribution >= 4 is 23.6 Å². The smallest absolute Gasteiger partial charge is 0.217 e. The Morgan fingerprint density at radius 2 is 0.517 bits per heavy atom. The molecule has 0 aromatic carbocycles. The van der Waals surface area contributed by atoms with Gasteiger partial charge in [0.1, 0.15) is 232 Å². The van der Waals surface area contributed by atoms with E-state index in [1.54, 1.807) is 0 Å². The van der Waals surface area contributed by atoms with Crippen LogP contribution in [-0.2, 0) is 109 Å². The first-order valence-electron chi connectivity index (χ1n) is 38.4. The highest BCUT2D eigenvalue weighted by molar-refractivity contribution is 5.74. The Labute approximate surface area is 679 Å². The first-order chi connectivity index (χ1) is 56.8. The van der Waals surface area contributed by atoms with Crippen molar-refractivity contribution in [3.8, 4) is 0 Å². The van der Waals surface area contributed by atoms with Crippen LogP contribution in [0.1, 0.15) is 34.6 Å². The monoisotopic (exact) mass is 1760 g/mol. The van der Waals surface area contributed by atoms with Crippen molar-refractivity contribution < 1.29 is 242 Å². The number of ether oxygens (including phenoxy) is 19. The fraction of sp³-hybridized carbons (Fsp3) is 0.940. The van der Waals surface area contributed by atoms with Gasteiger partial charge in [-0.05, 0) is 6.92 Å². The molecule has 10 heterocycles. The molecule has 53 nitrogen and oxygen atoms in total. The van der Waals surface area contributed by atoms with Crippen LogP contribution >= 0.6 is 0 Å². The van der Waals surface area contributed by atoms with E-state index in [9.17, 15) is 152 Å². The number of hydrogen-bond acceptors (Lipinski definition) is 49. The second kappa shape index (κ2) is 42.8. The maximum absolute atomic E-state index is 13.2. The van der Waals surface area contributed by atoms with Crippen LogP contribution in [0, 0.1) is 0 Å². The number of aliphatic hydroxyl groups excluding tert-OH is 26. The summed E-state index contributed by atoms with van der Waals surface area (Å²) in [5.74, 6) is -3.70. The number of aliphatic hydroxyl groups is 26. The van der Waals surface area contributed by atoms with Gasteiger partial charge >= 0.3 is 0 Å². The van der Waals surface area contributed by atoms with Crippen LogP contribution in [0.15, 0.2) is 0 Å². The molecule has 0 aromatic heterocycles. The van der Waals surface area contributed by atoms with Crippen molar-refractivity contribution in [3.05, 3.63) is 0 Å². The van der Waals surface area contributed by atoms with Gasteiger partial charge in [0.15, 0.2) is 62.9 Å². The van der Waals surface area contributed by atoms with Gasteiger partial charge in [-0.25, -0.2) is 0 Å². The minimum Gasteiger partial charge on any atom is -0.394 e. The van der Waals surface area contributed by atoms with Gasteiger partial charge in [-0.3, -0.25) is 19.2 Å². The molecule has 0 radical (unpaired) electrons. The van der Waals surface area contributed by atoms with E-state index in [0.717, 1.165) is 27.7 Å². The zero-order valence-corrected chi connectivity index (χ0v) is 64.7. The lowest BCUT2D eigenvalue weighted by Gasteiger charge is -2.52. The number of nitrogens with one attached hydrogen (secondary N) is 4. The van der Waals surface area contributed by atoms with E-state index in [4.69, 9.17) is 90.0 Å². The lowest BCUT2D eigenvalue weighted by Crippen LogP contribution is -2.71. The average Bonchev–Trinajstić information content (AvgIpc) is 0.978. The molecule has 10 fully saturated rings. The van der Waals surface area contributed by atoms with Gasteiger partial charge in [-0.2, -0.15) is 0 Å². The maximum Gasteiger partial charge on any atom is 0.217 e. The molecule has 49 atom stereocenters. The molecule has 1 unspecified atom stereocenters. The predicted molar refractivity (Wildman–Crippen MR) is 369 cm³/mol. The molecule has 0 bridgehead atoms. The second-order valence-corrected chi connectivity index (χ2v) is 30.5. The molecule has 4 amide bonds. The molecule has 10 aliphatic rings. The molecular weight excluding hydrogens is 1640 g/mol. The Morgan fingerprint density at radius 1 is 0.233 bits per heavy atom. The van der Waals surface area contributed by atoms with Crippen LogP contribution in [0.25, 0.3) is 0 Å². The predicted octanol–water partition coefficient (Wildman–Crippen LogP) is -20.6. The van der Waals surface area contributed by atoms with Gasteiger partial charge in [-0.15, -0.1) is 0 Å². The average molecular weight is 1760 g/mol. The van der Waals surface area contributed by atoms with Crippen molar-refractivity contribution in [2.45, 2.75) is 335 Å². The van der Waals surface area contributed by atoms with Crippen molar-refractivity contribution in [1.29, 1.82) is 0 Å². The lowest BCUT2D eigenvalue weighted by molar-refractivity contribution is -0.407. The second-order valence-electron chi connectivity index (χ2n) is 30.5. The van der Waals surface area contributed by atoms with Crippen LogP contribution in [0.4, 0.5) is 0 Å². The molecule has 0 aliphatic carbocycles. The van der Waals surface area contributed by atoms with E-state index in [1.165, 1.54) is 6.92 Å². The standard InChI is InChI=1S/C67H112N4O49/c1-15-33(83)44(94)49(99)62(104-15)102-14-28-53(115-64-50(100)45(95)35(85)21(7-73)107-64)43(93)32(71-19(5)82)61(113-28)118-55-46(96)36(86)22(8-74)109-65(55)103-13-27-39(89)54(117-66-56(47(97)37(87)23(9-75)110-66)119-59-30(69-17(3)80)40(90)34(84)20(6-72)106-59)57(120-63-48(98)38(88)24(10-76)108-63)67(112-27)116-52-26(12-78)111-60(31(42(52)92)70-18(4)81)114-51-25(11-77)105-58(101)29(41(51)91)68-16(2)79/h15,20-67,72-78,83-101H,6-14H2,1-5H3,(H,68,79)(H,69,80)(H,70,81)(H,71,82)/t15-,20+,21+,22+,23+,24+,25+,26+,27+,28+,29+,30+,31+,32+,33+,34+,35-,36+,37+,38-,39+,40+,41+,42+,43+,44+,45-,46-,47-,48+,49-,50+,51+,52+,53+,54-,55-,56-,57-,58?,59-,60-,61-,62+,63-,64-,65-,66+,67-/m0/s1. The van der Waals surface area contributed by atoms with Crippen molar-refractivity contribution in [2.24, 2.45) is 0 Å². The molecule has 10 aliphatic heterocycles. The van der Waals surface area contributed by atoms with Gasteiger partial charge in [0.25, 0.3) is 0 Å². The third-order valence-electron chi connectivity index (χ3n) is 22.1. The molecule has 53 heteroatoms. The van der Waals surface area contributed by atoms with Crippen LogP contribution in [0.2, 0.25) is 0 Å². The molecular formula is C67H112N4O49. The SMILES string of the molecule is CC(=O)N[C@H]1[C@H](O[C@@H]2[C@@H](OC[C@H]3O[C@@H](O[C@H]4[C@H](O)[C@@H](NC(C)=O)[C@H](O[C@H]5[C@H](O)[C@@H](NC(C)=O)C(O)O[C@@H]5CO)O[C@@H]4CO)[C@@H](O[C@@H]4O[C@H](CO)[C@H](O)[C@H]4O)[C@@H](O[C@H]4O[C@H](CO)[C@@H](O)[C@H](O)[C@@H]4O[C@@H]4O[C@H](CO)[C@@H](O)[C@H](O)[C@H]4NC(C)=O)[C@@H]3O)O[C@H](CO)[C@@H](O)[C@@H]2O)O[C@H](CO[C@@H]2O[C@@H](C)[C@@H](O)[C@@H](O)[C@@H]2O)[C@@H](O[C@@H]2O[C@H](CO)[C@H](O)[C@H](O)[C@H]2O)[C@@H]1O.